The van der Waals surface area contributed by atoms with Crippen molar-refractivity contribution in [2.24, 2.45) is 0 Å². The molecule has 2 atom stereocenters. The number of nitrogens with zero attached hydrogens (tertiary/aromatic N) is 2. The fraction of sp³-hybridized carbons (Fsp3) is 0.750. The van der Waals surface area contributed by atoms with Gasteiger partial charge in [0.15, 0.2) is 0 Å². The highest BCUT2D eigenvalue weighted by atomic mass is 79.9. The highest BCUT2D eigenvalue weighted by molar-refractivity contribution is 9.10. The van der Waals surface area contributed by atoms with Crippen molar-refractivity contribution < 1.29 is 5.11 Å². The monoisotopic (exact) mass is 320 g/mol. The lowest BCUT2D eigenvalue weighted by Crippen LogP contribution is -2.15. The molecular formula is C12H21BrN2OS. The molecule has 17 heavy (non-hydrogen) atoms. The molecule has 1 aromatic rings. The van der Waals surface area contributed by atoms with E-state index in [2.05, 4.69) is 41.8 Å². The van der Waals surface area contributed by atoms with Gasteiger partial charge in [-0.25, -0.2) is 0 Å². The van der Waals surface area contributed by atoms with Crippen LogP contribution in [0.5, 0.6) is 0 Å². The third-order valence-corrected chi connectivity index (χ3v) is 5.13. The minimum Gasteiger partial charge on any atom is -0.392 e. The molecule has 0 saturated heterocycles. The van der Waals surface area contributed by atoms with Gasteiger partial charge in [-0.2, -0.15) is 5.10 Å². The average Bonchev–Trinajstić information content (AvgIpc) is 2.62. The maximum Gasteiger partial charge on any atom is 0.0767 e. The second-order valence-corrected chi connectivity index (χ2v) is 6.29. The quantitative estimate of drug-likeness (QED) is 0.874. The summed E-state index contributed by atoms with van der Waals surface area (Å²) < 4.78 is 3.18. The first-order chi connectivity index (χ1) is 8.01. The van der Waals surface area contributed by atoms with E-state index in [9.17, 15) is 5.11 Å². The van der Waals surface area contributed by atoms with Crippen molar-refractivity contribution in [1.82, 2.24) is 9.78 Å². The third kappa shape index (κ3) is 3.73. The zero-order chi connectivity index (χ0) is 13.0. The topological polar surface area (TPSA) is 38.0 Å². The third-order valence-electron chi connectivity index (χ3n) is 2.86. The SMILES string of the molecule is CCc1nn(CC)c(CSC(C)C(C)O)c1Br. The second kappa shape index (κ2) is 6.81. The lowest BCUT2D eigenvalue weighted by molar-refractivity contribution is 0.196. The average molecular weight is 321 g/mol. The molecule has 0 aromatic carbocycles. The Labute approximate surface area is 116 Å². The van der Waals surface area contributed by atoms with Crippen molar-refractivity contribution in [1.29, 1.82) is 0 Å². The van der Waals surface area contributed by atoms with Gasteiger partial charge in [0, 0.05) is 17.5 Å². The van der Waals surface area contributed by atoms with E-state index in [1.165, 1.54) is 5.69 Å². The first kappa shape index (κ1) is 15.1. The van der Waals surface area contributed by atoms with E-state index >= 15 is 0 Å². The molecule has 1 heterocycles. The van der Waals surface area contributed by atoms with E-state index < -0.39 is 0 Å². The van der Waals surface area contributed by atoms with Gasteiger partial charge in [0.05, 0.1) is 22.0 Å². The van der Waals surface area contributed by atoms with Crippen molar-refractivity contribution in [3.05, 3.63) is 15.9 Å². The van der Waals surface area contributed by atoms with Crippen molar-refractivity contribution >= 4 is 27.7 Å². The standard InChI is InChI=1S/C12H21BrN2OS/c1-5-10-12(13)11(15(6-2)14-10)7-17-9(4)8(3)16/h8-9,16H,5-7H2,1-4H3. The number of aromatic nitrogens is 2. The Balaban J connectivity index is 2.79. The maximum absolute atomic E-state index is 9.49. The summed E-state index contributed by atoms with van der Waals surface area (Å²) in [5.41, 5.74) is 2.34. The smallest absolute Gasteiger partial charge is 0.0767 e. The first-order valence-corrected chi connectivity index (χ1v) is 7.89. The van der Waals surface area contributed by atoms with Gasteiger partial charge in [-0.05, 0) is 36.2 Å². The van der Waals surface area contributed by atoms with Crippen LogP contribution in [0.15, 0.2) is 4.47 Å². The van der Waals surface area contributed by atoms with Crippen LogP contribution in [0.4, 0.5) is 0 Å². The Morgan fingerprint density at radius 2 is 2.06 bits per heavy atom. The van der Waals surface area contributed by atoms with Crippen molar-refractivity contribution in [2.75, 3.05) is 0 Å². The summed E-state index contributed by atoms with van der Waals surface area (Å²) >= 11 is 5.40. The molecule has 0 amide bonds. The molecule has 0 aliphatic heterocycles. The van der Waals surface area contributed by atoms with Crippen molar-refractivity contribution in [3.63, 3.8) is 0 Å². The lowest BCUT2D eigenvalue weighted by atomic mass is 10.3. The Hall–Kier alpha value is -0.0000000000000000555. The lowest BCUT2D eigenvalue weighted by Gasteiger charge is -2.14. The Morgan fingerprint density at radius 3 is 2.53 bits per heavy atom. The largest absolute Gasteiger partial charge is 0.392 e. The molecular weight excluding hydrogens is 300 g/mol. The van der Waals surface area contributed by atoms with Crippen LogP contribution in [0.1, 0.15) is 39.1 Å². The van der Waals surface area contributed by atoms with Crippen LogP contribution in [0.2, 0.25) is 0 Å². The number of hydrogen-bond donors (Lipinski definition) is 1. The number of rotatable bonds is 6. The van der Waals surface area contributed by atoms with Crippen LogP contribution in [0.25, 0.3) is 0 Å². The number of hydrogen-bond acceptors (Lipinski definition) is 3. The van der Waals surface area contributed by atoms with Gasteiger partial charge in [0.2, 0.25) is 0 Å². The van der Waals surface area contributed by atoms with Crippen LogP contribution in [-0.2, 0) is 18.7 Å². The Morgan fingerprint density at radius 1 is 1.41 bits per heavy atom. The number of halogens is 1. The first-order valence-electron chi connectivity index (χ1n) is 6.04. The molecule has 2 unspecified atom stereocenters. The maximum atomic E-state index is 9.49. The van der Waals surface area contributed by atoms with Gasteiger partial charge < -0.3 is 5.11 Å². The molecule has 0 bridgehead atoms. The van der Waals surface area contributed by atoms with Crippen LogP contribution in [0, 0.1) is 0 Å². The molecule has 0 saturated carbocycles. The summed E-state index contributed by atoms with van der Waals surface area (Å²) in [7, 11) is 0. The number of aliphatic hydroxyl groups is 1. The van der Waals surface area contributed by atoms with E-state index in [0.29, 0.717) is 0 Å². The van der Waals surface area contributed by atoms with Gasteiger partial charge in [-0.15, -0.1) is 11.8 Å². The second-order valence-electron chi connectivity index (χ2n) is 4.13. The van der Waals surface area contributed by atoms with Crippen molar-refractivity contribution in [3.8, 4) is 0 Å². The fourth-order valence-electron chi connectivity index (χ4n) is 1.50. The van der Waals surface area contributed by atoms with Crippen LogP contribution in [-0.4, -0.2) is 26.2 Å². The Bertz CT molecular complexity index is 366. The predicted octanol–water partition coefficient (Wildman–Crippen LogP) is 3.23. The highest BCUT2D eigenvalue weighted by Gasteiger charge is 2.16. The molecule has 0 fully saturated rings. The predicted molar refractivity (Wildman–Crippen MR) is 77.4 cm³/mol. The molecule has 98 valence electrons. The molecule has 0 radical (unpaired) electrons. The van der Waals surface area contributed by atoms with Crippen LogP contribution >= 0.6 is 27.7 Å². The molecule has 1 N–H and O–H groups in total. The number of aryl methyl sites for hydroxylation is 2. The van der Waals surface area contributed by atoms with Gasteiger partial charge >= 0.3 is 0 Å². The van der Waals surface area contributed by atoms with Gasteiger partial charge in [-0.1, -0.05) is 13.8 Å². The Kier molecular flexibility index (Phi) is 6.03. The molecule has 0 spiro atoms. The molecule has 1 aromatic heterocycles. The fourth-order valence-corrected chi connectivity index (χ4v) is 3.39. The van der Waals surface area contributed by atoms with Crippen molar-refractivity contribution in [2.45, 2.75) is 57.8 Å². The molecule has 5 heteroatoms. The van der Waals surface area contributed by atoms with Gasteiger partial charge in [0.25, 0.3) is 0 Å². The molecule has 0 aliphatic rings. The summed E-state index contributed by atoms with van der Waals surface area (Å²) in [6.07, 6.45) is 0.666. The van der Waals surface area contributed by atoms with E-state index in [-0.39, 0.29) is 11.4 Å². The molecule has 1 rings (SSSR count). The van der Waals surface area contributed by atoms with E-state index in [1.807, 2.05) is 11.6 Å². The van der Waals surface area contributed by atoms with E-state index in [1.54, 1.807) is 11.8 Å². The van der Waals surface area contributed by atoms with E-state index in [0.717, 1.165) is 28.9 Å². The normalized spacial score (nSPS) is 14.9. The zero-order valence-electron chi connectivity index (χ0n) is 10.9. The summed E-state index contributed by atoms with van der Waals surface area (Å²) in [5.74, 6) is 0.882. The van der Waals surface area contributed by atoms with E-state index in [4.69, 9.17) is 0 Å². The highest BCUT2D eigenvalue weighted by Crippen LogP contribution is 2.28. The molecule has 0 aliphatic carbocycles. The summed E-state index contributed by atoms with van der Waals surface area (Å²) in [4.78, 5) is 0. The summed E-state index contributed by atoms with van der Waals surface area (Å²) in [6.45, 7) is 8.99. The summed E-state index contributed by atoms with van der Waals surface area (Å²) in [6, 6.07) is 0. The molecule has 3 nitrogen and oxygen atoms in total. The van der Waals surface area contributed by atoms with Gasteiger partial charge in [-0.3, -0.25) is 4.68 Å². The number of thioether (sulfide) groups is 1. The van der Waals surface area contributed by atoms with Crippen LogP contribution < -0.4 is 0 Å². The summed E-state index contributed by atoms with van der Waals surface area (Å²) in [5, 5.41) is 14.3. The zero-order valence-corrected chi connectivity index (χ0v) is 13.3. The minimum atomic E-state index is -0.276. The van der Waals surface area contributed by atoms with Gasteiger partial charge in [0.1, 0.15) is 0 Å². The number of aliphatic hydroxyl groups excluding tert-OH is 1. The van der Waals surface area contributed by atoms with Crippen LogP contribution in [0.3, 0.4) is 0 Å². The minimum absolute atomic E-state index is 0.243.